The third-order valence-electron chi connectivity index (χ3n) is 2.34. The van der Waals surface area contributed by atoms with Crippen LogP contribution in [0.15, 0.2) is 33.4 Å². The molecule has 0 atom stereocenters. The number of aryl methyl sites for hydroxylation is 1. The lowest BCUT2D eigenvalue weighted by molar-refractivity contribution is 0.612. The Labute approximate surface area is 106 Å². The van der Waals surface area contributed by atoms with Gasteiger partial charge in [0.2, 0.25) is 0 Å². The molecule has 2 rings (SSSR count). The number of thiophene rings is 1. The number of rotatable bonds is 3. The van der Waals surface area contributed by atoms with Gasteiger partial charge in [0, 0.05) is 27.6 Å². The molecule has 1 aromatic heterocycles. The number of benzene rings is 1. The molecule has 0 radical (unpaired) electrons. The molecule has 16 heavy (non-hydrogen) atoms. The second-order valence-electron chi connectivity index (χ2n) is 3.56. The molecular weight excluding hydrogens is 289 g/mol. The fraction of sp³-hybridized carbons (Fsp3) is 0.167. The highest BCUT2D eigenvalue weighted by atomic mass is 79.9. The first-order valence-electron chi connectivity index (χ1n) is 4.87. The van der Waals surface area contributed by atoms with Crippen molar-refractivity contribution in [3.8, 4) is 0 Å². The maximum Gasteiger partial charge on any atom is 0.129 e. The predicted molar refractivity (Wildman–Crippen MR) is 70.5 cm³/mol. The molecule has 0 amide bonds. The van der Waals surface area contributed by atoms with Crippen LogP contribution in [0, 0.1) is 12.7 Å². The Balaban J connectivity index is 2.08. The Bertz CT molecular complexity index is 496. The highest BCUT2D eigenvalue weighted by molar-refractivity contribution is 9.10. The second-order valence-corrected chi connectivity index (χ2v) is 5.22. The molecule has 1 heterocycles. The van der Waals surface area contributed by atoms with Crippen molar-refractivity contribution in [2.45, 2.75) is 13.5 Å². The van der Waals surface area contributed by atoms with Gasteiger partial charge in [-0.1, -0.05) is 22.0 Å². The van der Waals surface area contributed by atoms with E-state index in [4.69, 9.17) is 0 Å². The van der Waals surface area contributed by atoms with Crippen LogP contribution < -0.4 is 5.32 Å². The number of halogens is 2. The summed E-state index contributed by atoms with van der Waals surface area (Å²) in [6.07, 6.45) is 0. The third-order valence-corrected chi connectivity index (χ3v) is 3.69. The van der Waals surface area contributed by atoms with Crippen LogP contribution in [0.5, 0.6) is 0 Å². The van der Waals surface area contributed by atoms with Gasteiger partial charge in [0.1, 0.15) is 5.82 Å². The Hall–Kier alpha value is -0.870. The quantitative estimate of drug-likeness (QED) is 0.875. The van der Waals surface area contributed by atoms with E-state index in [-0.39, 0.29) is 5.82 Å². The van der Waals surface area contributed by atoms with Gasteiger partial charge in [-0.2, -0.15) is 0 Å². The van der Waals surface area contributed by atoms with Crippen molar-refractivity contribution in [3.05, 3.63) is 50.4 Å². The van der Waals surface area contributed by atoms with Gasteiger partial charge in [-0.3, -0.25) is 0 Å². The fourth-order valence-corrected chi connectivity index (χ4v) is 2.53. The smallest absolute Gasteiger partial charge is 0.129 e. The standard InChI is InChI=1S/C12H11BrFNS/c1-8-6-16-7-12(8)15-5-9-2-3-10(13)4-11(9)14/h2-4,6-7,15H,5H2,1H3. The zero-order valence-electron chi connectivity index (χ0n) is 8.76. The van der Waals surface area contributed by atoms with Crippen LogP contribution in [0.4, 0.5) is 10.1 Å². The van der Waals surface area contributed by atoms with Gasteiger partial charge in [0.15, 0.2) is 0 Å². The monoisotopic (exact) mass is 299 g/mol. The summed E-state index contributed by atoms with van der Waals surface area (Å²) in [5.41, 5.74) is 2.95. The van der Waals surface area contributed by atoms with E-state index in [0.717, 1.165) is 10.2 Å². The summed E-state index contributed by atoms with van der Waals surface area (Å²) in [5.74, 6) is -0.185. The number of hydrogen-bond donors (Lipinski definition) is 1. The van der Waals surface area contributed by atoms with Gasteiger partial charge in [0.05, 0.1) is 0 Å². The van der Waals surface area contributed by atoms with Gasteiger partial charge in [-0.05, 0) is 30.0 Å². The van der Waals surface area contributed by atoms with E-state index in [9.17, 15) is 4.39 Å². The zero-order valence-corrected chi connectivity index (χ0v) is 11.2. The van der Waals surface area contributed by atoms with Crippen molar-refractivity contribution in [1.82, 2.24) is 0 Å². The Morgan fingerprint density at radius 1 is 1.38 bits per heavy atom. The van der Waals surface area contributed by atoms with E-state index in [1.54, 1.807) is 17.4 Å². The summed E-state index contributed by atoms with van der Waals surface area (Å²) in [4.78, 5) is 0. The van der Waals surface area contributed by atoms with Crippen LogP contribution in [0.2, 0.25) is 0 Å². The van der Waals surface area contributed by atoms with Crippen LogP contribution >= 0.6 is 27.3 Å². The first-order chi connectivity index (χ1) is 7.66. The van der Waals surface area contributed by atoms with E-state index in [0.29, 0.717) is 12.1 Å². The molecule has 1 N–H and O–H groups in total. The predicted octanol–water partition coefficient (Wildman–Crippen LogP) is 4.57. The lowest BCUT2D eigenvalue weighted by atomic mass is 10.2. The van der Waals surface area contributed by atoms with Crippen molar-refractivity contribution in [1.29, 1.82) is 0 Å². The Morgan fingerprint density at radius 2 is 2.19 bits per heavy atom. The summed E-state index contributed by atoms with van der Waals surface area (Å²) in [5, 5.41) is 7.33. The first-order valence-corrected chi connectivity index (χ1v) is 6.61. The summed E-state index contributed by atoms with van der Waals surface area (Å²) in [6.45, 7) is 2.55. The molecule has 0 spiro atoms. The topological polar surface area (TPSA) is 12.0 Å². The molecule has 4 heteroatoms. The number of anilines is 1. The second kappa shape index (κ2) is 4.97. The van der Waals surface area contributed by atoms with Gasteiger partial charge >= 0.3 is 0 Å². The normalized spacial score (nSPS) is 10.4. The lowest BCUT2D eigenvalue weighted by Crippen LogP contribution is -2.01. The average molecular weight is 300 g/mol. The Kier molecular flexibility index (Phi) is 3.61. The molecule has 0 fully saturated rings. The van der Waals surface area contributed by atoms with Crippen LogP contribution in [-0.4, -0.2) is 0 Å². The maximum absolute atomic E-state index is 13.5. The van der Waals surface area contributed by atoms with Crippen molar-refractivity contribution >= 4 is 33.0 Å². The van der Waals surface area contributed by atoms with E-state index in [1.807, 2.05) is 18.4 Å². The molecule has 84 valence electrons. The summed E-state index contributed by atoms with van der Waals surface area (Å²) >= 11 is 4.88. The molecule has 0 aliphatic heterocycles. The van der Waals surface area contributed by atoms with Gasteiger partial charge < -0.3 is 5.32 Å². The lowest BCUT2D eigenvalue weighted by Gasteiger charge is -2.07. The van der Waals surface area contributed by atoms with E-state index >= 15 is 0 Å². The maximum atomic E-state index is 13.5. The van der Waals surface area contributed by atoms with Crippen LogP contribution in [0.25, 0.3) is 0 Å². The van der Waals surface area contributed by atoms with E-state index < -0.39 is 0 Å². The molecule has 0 aliphatic rings. The van der Waals surface area contributed by atoms with E-state index in [1.165, 1.54) is 11.6 Å². The highest BCUT2D eigenvalue weighted by Crippen LogP contribution is 2.21. The molecule has 2 aromatic rings. The molecule has 0 saturated heterocycles. The molecule has 0 aliphatic carbocycles. The Morgan fingerprint density at radius 3 is 2.81 bits per heavy atom. The molecular formula is C12H11BrFNS. The summed E-state index contributed by atoms with van der Waals surface area (Å²) < 4.78 is 14.3. The van der Waals surface area contributed by atoms with Crippen LogP contribution in [0.1, 0.15) is 11.1 Å². The van der Waals surface area contributed by atoms with Gasteiger partial charge in [-0.25, -0.2) is 4.39 Å². The van der Waals surface area contributed by atoms with Crippen molar-refractivity contribution in [2.24, 2.45) is 0 Å². The zero-order chi connectivity index (χ0) is 11.5. The molecule has 1 nitrogen and oxygen atoms in total. The fourth-order valence-electron chi connectivity index (χ4n) is 1.40. The van der Waals surface area contributed by atoms with Crippen LogP contribution in [-0.2, 0) is 6.54 Å². The minimum absolute atomic E-state index is 0.185. The van der Waals surface area contributed by atoms with Gasteiger partial charge in [0.25, 0.3) is 0 Å². The molecule has 0 saturated carbocycles. The van der Waals surface area contributed by atoms with Crippen LogP contribution in [0.3, 0.4) is 0 Å². The van der Waals surface area contributed by atoms with Crippen molar-refractivity contribution in [3.63, 3.8) is 0 Å². The van der Waals surface area contributed by atoms with E-state index in [2.05, 4.69) is 26.6 Å². The summed E-state index contributed by atoms with van der Waals surface area (Å²) in [6, 6.07) is 5.12. The van der Waals surface area contributed by atoms with Gasteiger partial charge in [-0.15, -0.1) is 11.3 Å². The molecule has 0 bridgehead atoms. The number of hydrogen-bond acceptors (Lipinski definition) is 2. The average Bonchev–Trinajstić information content (AvgIpc) is 2.63. The van der Waals surface area contributed by atoms with Crippen molar-refractivity contribution in [2.75, 3.05) is 5.32 Å². The molecule has 1 aromatic carbocycles. The highest BCUT2D eigenvalue weighted by Gasteiger charge is 2.04. The SMILES string of the molecule is Cc1cscc1NCc1ccc(Br)cc1F. The molecule has 0 unspecified atom stereocenters. The first kappa shape index (κ1) is 11.6. The minimum Gasteiger partial charge on any atom is -0.380 e. The largest absolute Gasteiger partial charge is 0.380 e. The number of nitrogens with one attached hydrogen (secondary N) is 1. The summed E-state index contributed by atoms with van der Waals surface area (Å²) in [7, 11) is 0. The van der Waals surface area contributed by atoms with Crippen molar-refractivity contribution < 1.29 is 4.39 Å². The minimum atomic E-state index is -0.185. The third kappa shape index (κ3) is 2.62.